The summed E-state index contributed by atoms with van der Waals surface area (Å²) < 4.78 is 5.10. The summed E-state index contributed by atoms with van der Waals surface area (Å²) in [6.07, 6.45) is 2.22. The van der Waals surface area contributed by atoms with Crippen LogP contribution in [0, 0.1) is 0 Å². The number of benzene rings is 1. The molecule has 1 aromatic carbocycles. The van der Waals surface area contributed by atoms with Gasteiger partial charge in [-0.2, -0.15) is 0 Å². The average molecular weight is 396 g/mol. The number of carbonyl (C=O) groups excluding carboxylic acids is 2. The molecule has 0 spiro atoms. The summed E-state index contributed by atoms with van der Waals surface area (Å²) in [5, 5.41) is 6.29. The number of hydrogen-bond donors (Lipinski definition) is 2. The van der Waals surface area contributed by atoms with Crippen molar-refractivity contribution in [3.05, 3.63) is 70.6 Å². The zero-order valence-electron chi connectivity index (χ0n) is 15.2. The molecule has 7 nitrogen and oxygen atoms in total. The number of nitrogens with zero attached hydrogens (tertiary/aromatic N) is 2. The van der Waals surface area contributed by atoms with Crippen LogP contribution in [0.1, 0.15) is 26.7 Å². The van der Waals surface area contributed by atoms with Gasteiger partial charge in [0.2, 0.25) is 5.91 Å². The highest BCUT2D eigenvalue weighted by molar-refractivity contribution is 7.15. The Labute approximate surface area is 166 Å². The summed E-state index contributed by atoms with van der Waals surface area (Å²) in [6, 6.07) is 13.1. The van der Waals surface area contributed by atoms with Crippen LogP contribution in [0.3, 0.4) is 0 Å². The molecular formula is C20H20N4O3S. The number of furan rings is 1. The van der Waals surface area contributed by atoms with E-state index in [-0.39, 0.29) is 17.6 Å². The van der Waals surface area contributed by atoms with E-state index in [1.807, 2.05) is 30.3 Å². The van der Waals surface area contributed by atoms with Crippen molar-refractivity contribution in [3.63, 3.8) is 0 Å². The third-order valence-electron chi connectivity index (χ3n) is 4.48. The maximum Gasteiger partial charge on any atom is 0.293 e. The number of anilines is 1. The molecule has 0 bridgehead atoms. The highest BCUT2D eigenvalue weighted by atomic mass is 32.1. The van der Waals surface area contributed by atoms with E-state index in [2.05, 4.69) is 20.5 Å². The average Bonchev–Trinajstić information content (AvgIpc) is 3.36. The van der Waals surface area contributed by atoms with Gasteiger partial charge in [-0.25, -0.2) is 4.98 Å². The fourth-order valence-electron chi connectivity index (χ4n) is 3.06. The van der Waals surface area contributed by atoms with E-state index < -0.39 is 0 Å². The largest absolute Gasteiger partial charge is 0.459 e. The SMILES string of the molecule is O=C(CN1CCc2nc(NC(=O)c3ccco3)sc2C1)NCc1ccccc1. The van der Waals surface area contributed by atoms with E-state index in [0.29, 0.717) is 24.8 Å². The molecule has 0 unspecified atom stereocenters. The molecule has 144 valence electrons. The second kappa shape index (κ2) is 8.37. The molecule has 0 saturated heterocycles. The molecule has 0 fully saturated rings. The first-order valence-corrected chi connectivity index (χ1v) is 9.85. The number of fused-ring (bicyclic) bond motifs is 1. The van der Waals surface area contributed by atoms with Crippen LogP contribution in [0.25, 0.3) is 0 Å². The van der Waals surface area contributed by atoms with Gasteiger partial charge in [0, 0.05) is 30.9 Å². The van der Waals surface area contributed by atoms with Crippen molar-refractivity contribution in [3.8, 4) is 0 Å². The lowest BCUT2D eigenvalue weighted by atomic mass is 10.2. The van der Waals surface area contributed by atoms with Crippen LogP contribution in [0.4, 0.5) is 5.13 Å². The monoisotopic (exact) mass is 396 g/mol. The smallest absolute Gasteiger partial charge is 0.293 e. The van der Waals surface area contributed by atoms with Gasteiger partial charge < -0.3 is 9.73 Å². The number of amides is 2. The van der Waals surface area contributed by atoms with E-state index >= 15 is 0 Å². The highest BCUT2D eigenvalue weighted by Gasteiger charge is 2.23. The van der Waals surface area contributed by atoms with E-state index in [0.717, 1.165) is 29.1 Å². The van der Waals surface area contributed by atoms with Crippen molar-refractivity contribution in [2.75, 3.05) is 18.4 Å². The molecule has 1 aliphatic heterocycles. The van der Waals surface area contributed by atoms with Gasteiger partial charge in [0.05, 0.1) is 18.5 Å². The van der Waals surface area contributed by atoms with E-state index in [1.165, 1.54) is 17.6 Å². The molecule has 0 radical (unpaired) electrons. The van der Waals surface area contributed by atoms with Crippen molar-refractivity contribution in [2.24, 2.45) is 0 Å². The Bertz CT molecular complexity index is 953. The highest BCUT2D eigenvalue weighted by Crippen LogP contribution is 2.28. The Morgan fingerprint density at radius 2 is 2.04 bits per heavy atom. The number of rotatable bonds is 6. The standard InChI is InChI=1S/C20H20N4O3S/c25-18(21-11-14-5-2-1-3-6-14)13-24-9-8-15-17(12-24)28-20(22-15)23-19(26)16-7-4-10-27-16/h1-7,10H,8-9,11-13H2,(H,21,25)(H,22,23,26). The Balaban J connectivity index is 1.30. The summed E-state index contributed by atoms with van der Waals surface area (Å²) in [4.78, 5) is 32.0. The van der Waals surface area contributed by atoms with Gasteiger partial charge in [0.1, 0.15) is 0 Å². The predicted molar refractivity (Wildman–Crippen MR) is 106 cm³/mol. The molecule has 2 N–H and O–H groups in total. The minimum absolute atomic E-state index is 0.00293. The fraction of sp³-hybridized carbons (Fsp3) is 0.250. The van der Waals surface area contributed by atoms with Crippen molar-refractivity contribution < 1.29 is 14.0 Å². The summed E-state index contributed by atoms with van der Waals surface area (Å²) in [5.41, 5.74) is 2.07. The summed E-state index contributed by atoms with van der Waals surface area (Å²) in [6.45, 7) is 2.30. The number of thiazole rings is 1. The Morgan fingerprint density at radius 3 is 2.82 bits per heavy atom. The van der Waals surface area contributed by atoms with E-state index in [9.17, 15) is 9.59 Å². The molecule has 2 amide bonds. The van der Waals surface area contributed by atoms with Crippen molar-refractivity contribution in [1.29, 1.82) is 0 Å². The van der Waals surface area contributed by atoms with Crippen LogP contribution in [0.15, 0.2) is 53.1 Å². The van der Waals surface area contributed by atoms with Crippen LogP contribution in [0.2, 0.25) is 0 Å². The lowest BCUT2D eigenvalue weighted by molar-refractivity contribution is -0.122. The first-order chi connectivity index (χ1) is 13.7. The van der Waals surface area contributed by atoms with Gasteiger partial charge in [-0.15, -0.1) is 11.3 Å². The maximum absolute atomic E-state index is 12.2. The molecule has 0 atom stereocenters. The molecule has 0 aliphatic carbocycles. The van der Waals surface area contributed by atoms with Crippen LogP contribution >= 0.6 is 11.3 Å². The maximum atomic E-state index is 12.2. The molecule has 0 saturated carbocycles. The fourth-order valence-corrected chi connectivity index (χ4v) is 4.10. The zero-order valence-corrected chi connectivity index (χ0v) is 16.0. The Kier molecular flexibility index (Phi) is 5.50. The number of nitrogens with one attached hydrogen (secondary N) is 2. The second-order valence-electron chi connectivity index (χ2n) is 6.54. The van der Waals surface area contributed by atoms with Gasteiger partial charge in [-0.05, 0) is 17.7 Å². The Morgan fingerprint density at radius 1 is 1.18 bits per heavy atom. The van der Waals surface area contributed by atoms with Gasteiger partial charge in [0.25, 0.3) is 5.91 Å². The van der Waals surface area contributed by atoms with Gasteiger partial charge >= 0.3 is 0 Å². The topological polar surface area (TPSA) is 87.5 Å². The normalized spacial score (nSPS) is 13.7. The van der Waals surface area contributed by atoms with Crippen molar-refractivity contribution in [1.82, 2.24) is 15.2 Å². The lowest BCUT2D eigenvalue weighted by Gasteiger charge is -2.25. The molecule has 8 heteroatoms. The quantitative estimate of drug-likeness (QED) is 0.669. The summed E-state index contributed by atoms with van der Waals surface area (Å²) in [5.74, 6) is -0.0544. The minimum Gasteiger partial charge on any atom is -0.459 e. The molecule has 3 heterocycles. The zero-order chi connectivity index (χ0) is 19.3. The predicted octanol–water partition coefficient (Wildman–Crippen LogP) is 2.66. The van der Waals surface area contributed by atoms with E-state index in [4.69, 9.17) is 4.42 Å². The van der Waals surface area contributed by atoms with Crippen LogP contribution in [-0.2, 0) is 24.3 Å². The van der Waals surface area contributed by atoms with Crippen LogP contribution < -0.4 is 10.6 Å². The van der Waals surface area contributed by atoms with Gasteiger partial charge in [-0.1, -0.05) is 30.3 Å². The van der Waals surface area contributed by atoms with Gasteiger partial charge in [0.15, 0.2) is 10.9 Å². The Hall–Kier alpha value is -2.97. The molecule has 1 aliphatic rings. The first kappa shape index (κ1) is 18.4. The third-order valence-corrected chi connectivity index (χ3v) is 5.47. The molecular weight excluding hydrogens is 376 g/mol. The van der Waals surface area contributed by atoms with Crippen LogP contribution in [-0.4, -0.2) is 34.8 Å². The van der Waals surface area contributed by atoms with Crippen LogP contribution in [0.5, 0.6) is 0 Å². The molecule has 2 aromatic heterocycles. The number of carbonyl (C=O) groups is 2. The number of aromatic nitrogens is 1. The first-order valence-electron chi connectivity index (χ1n) is 9.04. The van der Waals surface area contributed by atoms with Crippen molar-refractivity contribution >= 4 is 28.3 Å². The van der Waals surface area contributed by atoms with E-state index in [1.54, 1.807) is 12.1 Å². The molecule has 28 heavy (non-hydrogen) atoms. The summed E-state index contributed by atoms with van der Waals surface area (Å²) >= 11 is 1.44. The van der Waals surface area contributed by atoms with Crippen molar-refractivity contribution in [2.45, 2.75) is 19.5 Å². The summed E-state index contributed by atoms with van der Waals surface area (Å²) in [7, 11) is 0. The number of hydrogen-bond acceptors (Lipinski definition) is 6. The lowest BCUT2D eigenvalue weighted by Crippen LogP contribution is -2.39. The molecule has 3 aromatic rings. The molecule has 4 rings (SSSR count). The second-order valence-corrected chi connectivity index (χ2v) is 7.63. The van der Waals surface area contributed by atoms with Gasteiger partial charge in [-0.3, -0.25) is 19.8 Å². The third kappa shape index (κ3) is 4.47. The minimum atomic E-state index is -0.312.